The van der Waals surface area contributed by atoms with Crippen molar-refractivity contribution in [2.75, 3.05) is 0 Å². The van der Waals surface area contributed by atoms with Crippen LogP contribution in [0.15, 0.2) is 132 Å². The molecule has 0 heterocycles. The molecule has 0 amide bonds. The first-order valence-electron chi connectivity index (χ1n) is 19.4. The summed E-state index contributed by atoms with van der Waals surface area (Å²) in [6, 6.07) is 45.1. The van der Waals surface area contributed by atoms with Crippen molar-refractivity contribution < 1.29 is 15.6 Å². The van der Waals surface area contributed by atoms with E-state index in [2.05, 4.69) is 160 Å². The summed E-state index contributed by atoms with van der Waals surface area (Å²) >= 11 is -4.91. The number of rotatable bonds is 11. The Balaban J connectivity index is 1.33. The second-order valence-electron chi connectivity index (χ2n) is 15.6. The van der Waals surface area contributed by atoms with Gasteiger partial charge in [-0.1, -0.05) is 0 Å². The number of fused-ring (bicyclic) bond motifs is 4. The monoisotopic (exact) mass is 813 g/mol. The van der Waals surface area contributed by atoms with Gasteiger partial charge in [-0.3, -0.25) is 0 Å². The van der Waals surface area contributed by atoms with E-state index in [1.54, 1.807) is 0 Å². The van der Waals surface area contributed by atoms with E-state index >= 15 is 0 Å². The molecule has 0 aliphatic heterocycles. The quantitative estimate of drug-likeness (QED) is 0.114. The summed E-state index contributed by atoms with van der Waals surface area (Å²) in [5.74, 6) is -1.67. The van der Waals surface area contributed by atoms with Crippen LogP contribution in [0.25, 0.3) is 56.0 Å². The molecule has 6 aromatic carbocycles. The van der Waals surface area contributed by atoms with Crippen LogP contribution in [0.1, 0.15) is 81.9 Å². The van der Waals surface area contributed by atoms with Gasteiger partial charge in [-0.2, -0.15) is 0 Å². The van der Waals surface area contributed by atoms with Crippen LogP contribution in [-0.4, -0.2) is 5.92 Å². The van der Waals surface area contributed by atoms with Gasteiger partial charge in [0, 0.05) is 0 Å². The minimum atomic E-state index is -4.91. The molecule has 0 saturated heterocycles. The number of benzene rings is 6. The summed E-state index contributed by atoms with van der Waals surface area (Å²) in [6.45, 7) is 9.57. The third-order valence-electron chi connectivity index (χ3n) is 12.3. The summed E-state index contributed by atoms with van der Waals surface area (Å²) in [4.78, 5) is 0. The first kappa shape index (κ1) is 36.0. The topological polar surface area (TPSA) is 0 Å². The standard InChI is InChI=1S/2C23H21.C2H7Si.2ClH.Zr/c2*1-2-3-7-17-14-20-10-6-11-22(23(20)15-17)21-13-12-18-8-4-5-9-19(18)16-21;1-3-2;;;/h2*4-6,8-16H,2-3,7H2,1H3;3H,1-2H3;2*1H;/q;;;;;+2/p-2. The van der Waals surface area contributed by atoms with Gasteiger partial charge in [-0.05, 0) is 0 Å². The van der Waals surface area contributed by atoms with Crippen molar-refractivity contribution in [3.63, 3.8) is 0 Å². The van der Waals surface area contributed by atoms with Gasteiger partial charge in [-0.15, -0.1) is 0 Å². The molecule has 0 N–H and O–H groups in total. The zero-order chi connectivity index (χ0) is 36.1. The molecule has 0 bridgehead atoms. The predicted octanol–water partition coefficient (Wildman–Crippen LogP) is 15.3. The fraction of sp³-hybridized carbons (Fsp3) is 0.250. The van der Waals surface area contributed by atoms with Gasteiger partial charge in [0.05, 0.1) is 0 Å². The summed E-state index contributed by atoms with van der Waals surface area (Å²) in [7, 11) is 17.7. The maximum absolute atomic E-state index is 8.85. The summed E-state index contributed by atoms with van der Waals surface area (Å²) in [6.07, 6.45) is 11.7. The average molecular weight is 816 g/mol. The molecule has 4 heteroatoms. The van der Waals surface area contributed by atoms with Gasteiger partial charge in [-0.25, -0.2) is 0 Å². The first-order chi connectivity index (χ1) is 25.2. The maximum atomic E-state index is 8.85. The van der Waals surface area contributed by atoms with Gasteiger partial charge >= 0.3 is 322 Å². The Labute approximate surface area is 319 Å². The van der Waals surface area contributed by atoms with Crippen molar-refractivity contribution in [1.82, 2.24) is 0 Å². The second kappa shape index (κ2) is 14.3. The zero-order valence-corrected chi connectivity index (χ0v) is 36.1. The zero-order valence-electron chi connectivity index (χ0n) is 30.9. The van der Waals surface area contributed by atoms with Crippen LogP contribution in [0.5, 0.6) is 0 Å². The van der Waals surface area contributed by atoms with E-state index < -0.39 is 21.5 Å². The SMILES string of the molecule is CCCCC1=Cc2c(-c3ccc4ccccc4c3)cccc2[CH]1[Zr]([Cl])([Cl])([CH]1C(CCCC)=Cc2c(-c3ccc4ccccc4c3)cccc21)[SiH](C)C. The molecular weight excluding hydrogens is 767 g/mol. The van der Waals surface area contributed by atoms with E-state index in [9.17, 15) is 0 Å². The van der Waals surface area contributed by atoms with Crippen LogP contribution in [0.2, 0.25) is 13.1 Å². The molecule has 8 rings (SSSR count). The molecule has 0 spiro atoms. The van der Waals surface area contributed by atoms with Crippen LogP contribution in [0.3, 0.4) is 0 Å². The van der Waals surface area contributed by atoms with Crippen LogP contribution in [0.4, 0.5) is 0 Å². The Bertz CT molecular complexity index is 2220. The molecule has 0 nitrogen and oxygen atoms in total. The normalized spacial score (nSPS) is 17.6. The third kappa shape index (κ3) is 5.98. The number of halogens is 2. The van der Waals surface area contributed by atoms with Crippen molar-refractivity contribution in [2.45, 2.75) is 72.7 Å². The van der Waals surface area contributed by atoms with E-state index in [1.807, 2.05) is 0 Å². The molecule has 0 fully saturated rings. The molecule has 0 aromatic heterocycles. The second-order valence-corrected chi connectivity index (χ2v) is 58.1. The molecule has 263 valence electrons. The summed E-state index contributed by atoms with van der Waals surface area (Å²) in [5, 5.41) is 5.08. The molecule has 2 unspecified atom stereocenters. The average Bonchev–Trinajstić information content (AvgIpc) is 3.75. The van der Waals surface area contributed by atoms with Gasteiger partial charge in [0.15, 0.2) is 0 Å². The van der Waals surface area contributed by atoms with Crippen LogP contribution < -0.4 is 0 Å². The van der Waals surface area contributed by atoms with E-state index in [-0.39, 0.29) is 7.25 Å². The van der Waals surface area contributed by atoms with Gasteiger partial charge in [0.1, 0.15) is 0 Å². The molecule has 52 heavy (non-hydrogen) atoms. The molecule has 0 radical (unpaired) electrons. The van der Waals surface area contributed by atoms with Crippen LogP contribution in [-0.2, 0) is 15.6 Å². The van der Waals surface area contributed by atoms with Crippen LogP contribution >= 0.6 is 17.0 Å². The van der Waals surface area contributed by atoms with Crippen molar-refractivity contribution in [1.29, 1.82) is 0 Å². The molecule has 0 saturated carbocycles. The molecule has 2 atom stereocenters. The van der Waals surface area contributed by atoms with Gasteiger partial charge in [0.2, 0.25) is 0 Å². The minimum absolute atomic E-state index is 0.101. The van der Waals surface area contributed by atoms with Gasteiger partial charge in [0.25, 0.3) is 0 Å². The van der Waals surface area contributed by atoms with Gasteiger partial charge < -0.3 is 0 Å². The Morgan fingerprint density at radius 1 is 0.519 bits per heavy atom. The van der Waals surface area contributed by atoms with Crippen molar-refractivity contribution >= 4 is 56.6 Å². The van der Waals surface area contributed by atoms with E-state index in [4.69, 9.17) is 17.0 Å². The van der Waals surface area contributed by atoms with Crippen molar-refractivity contribution in [3.8, 4) is 22.3 Å². The Morgan fingerprint density at radius 2 is 0.942 bits per heavy atom. The Hall–Kier alpha value is -3.00. The molecular formula is C48H49Cl2SiZr. The molecule has 2 aliphatic carbocycles. The predicted molar refractivity (Wildman–Crippen MR) is 230 cm³/mol. The van der Waals surface area contributed by atoms with E-state index in [1.165, 1.54) is 77.2 Å². The van der Waals surface area contributed by atoms with Crippen LogP contribution in [0, 0.1) is 0 Å². The Morgan fingerprint density at radius 3 is 1.35 bits per heavy atom. The molecule has 2 aliphatic rings. The number of unbranched alkanes of at least 4 members (excludes halogenated alkanes) is 2. The Kier molecular flexibility index (Phi) is 9.93. The number of allylic oxidation sites excluding steroid dienone is 2. The van der Waals surface area contributed by atoms with E-state index in [0.29, 0.717) is 0 Å². The number of hydrogen-bond donors (Lipinski definition) is 0. The summed E-state index contributed by atoms with van der Waals surface area (Å²) in [5.41, 5.74) is 13.5. The van der Waals surface area contributed by atoms with Crippen molar-refractivity contribution in [3.05, 3.63) is 155 Å². The fourth-order valence-corrected chi connectivity index (χ4v) is 41.0. The van der Waals surface area contributed by atoms with Crippen molar-refractivity contribution in [2.24, 2.45) is 0 Å². The third-order valence-corrected chi connectivity index (χ3v) is 64.1. The fourth-order valence-electron chi connectivity index (χ4n) is 9.48. The first-order valence-corrected chi connectivity index (χ1v) is 35.8. The number of hydrogen-bond acceptors (Lipinski definition) is 0. The van der Waals surface area contributed by atoms with E-state index in [0.717, 1.165) is 38.5 Å². The summed E-state index contributed by atoms with van der Waals surface area (Å²) < 4.78 is 0.201. The molecule has 6 aromatic rings.